The Bertz CT molecular complexity index is 373. The highest BCUT2D eigenvalue weighted by molar-refractivity contribution is 9.10. The molecule has 1 unspecified atom stereocenters. The third kappa shape index (κ3) is 5.64. The van der Waals surface area contributed by atoms with Crippen molar-refractivity contribution in [2.75, 3.05) is 13.2 Å². The Balaban J connectivity index is 1.89. The molecule has 1 atom stereocenters. The van der Waals surface area contributed by atoms with Gasteiger partial charge in [0.2, 0.25) is 0 Å². The fraction of sp³-hybridized carbons (Fsp3) is 0.625. The van der Waals surface area contributed by atoms with Gasteiger partial charge < -0.3 is 10.1 Å². The highest BCUT2D eigenvalue weighted by Crippen LogP contribution is 2.24. The Hall–Kier alpha value is -0.380. The molecule has 1 saturated carbocycles. The second-order valence-corrected chi connectivity index (χ2v) is 6.55. The van der Waals surface area contributed by atoms with E-state index >= 15 is 0 Å². The standard InChI is InChI=1S/C16H24BrNO/c1-12(2)19-10-9-14(11-18-16-7-8-16)13-3-5-15(17)6-4-13/h3-6,12,14,16,18H,7-11H2,1-2H3. The van der Waals surface area contributed by atoms with Gasteiger partial charge in [0.05, 0.1) is 6.10 Å². The van der Waals surface area contributed by atoms with Gasteiger partial charge in [0, 0.05) is 23.7 Å². The molecule has 2 rings (SSSR count). The lowest BCUT2D eigenvalue weighted by Gasteiger charge is -2.19. The van der Waals surface area contributed by atoms with Crippen molar-refractivity contribution in [3.63, 3.8) is 0 Å². The molecule has 0 bridgehead atoms. The van der Waals surface area contributed by atoms with E-state index in [2.05, 4.69) is 59.4 Å². The first kappa shape index (κ1) is 15.0. The van der Waals surface area contributed by atoms with E-state index in [1.54, 1.807) is 0 Å². The van der Waals surface area contributed by atoms with Crippen LogP contribution >= 0.6 is 15.9 Å². The molecule has 0 saturated heterocycles. The summed E-state index contributed by atoms with van der Waals surface area (Å²) in [6, 6.07) is 9.46. The first-order valence-electron chi connectivity index (χ1n) is 7.25. The summed E-state index contributed by atoms with van der Waals surface area (Å²) in [5.41, 5.74) is 1.41. The van der Waals surface area contributed by atoms with E-state index in [1.165, 1.54) is 18.4 Å². The summed E-state index contributed by atoms with van der Waals surface area (Å²) in [6.45, 7) is 6.09. The van der Waals surface area contributed by atoms with Crippen molar-refractivity contribution in [1.82, 2.24) is 5.32 Å². The summed E-state index contributed by atoms with van der Waals surface area (Å²) in [5.74, 6) is 0.549. The molecule has 0 aromatic heterocycles. The highest BCUT2D eigenvalue weighted by atomic mass is 79.9. The molecule has 0 spiro atoms. The van der Waals surface area contributed by atoms with Crippen molar-refractivity contribution in [1.29, 1.82) is 0 Å². The van der Waals surface area contributed by atoms with Crippen LogP contribution in [-0.4, -0.2) is 25.3 Å². The van der Waals surface area contributed by atoms with Crippen LogP contribution in [0.25, 0.3) is 0 Å². The molecule has 106 valence electrons. The average Bonchev–Trinajstić information content (AvgIpc) is 3.18. The smallest absolute Gasteiger partial charge is 0.0518 e. The van der Waals surface area contributed by atoms with E-state index in [4.69, 9.17) is 4.74 Å². The van der Waals surface area contributed by atoms with Gasteiger partial charge in [-0.15, -0.1) is 0 Å². The zero-order valence-electron chi connectivity index (χ0n) is 11.9. The number of ether oxygens (including phenoxy) is 1. The third-order valence-electron chi connectivity index (χ3n) is 3.49. The van der Waals surface area contributed by atoms with Gasteiger partial charge in [-0.25, -0.2) is 0 Å². The van der Waals surface area contributed by atoms with Gasteiger partial charge >= 0.3 is 0 Å². The molecule has 3 heteroatoms. The van der Waals surface area contributed by atoms with Gasteiger partial charge in [-0.2, -0.15) is 0 Å². The molecule has 0 radical (unpaired) electrons. The first-order valence-corrected chi connectivity index (χ1v) is 8.05. The second kappa shape index (κ2) is 7.41. The topological polar surface area (TPSA) is 21.3 Å². The minimum absolute atomic E-state index is 0.321. The maximum Gasteiger partial charge on any atom is 0.0518 e. The quantitative estimate of drug-likeness (QED) is 0.776. The van der Waals surface area contributed by atoms with Crippen LogP contribution in [0.3, 0.4) is 0 Å². The van der Waals surface area contributed by atoms with Gasteiger partial charge in [0.15, 0.2) is 0 Å². The number of nitrogens with one attached hydrogen (secondary N) is 1. The Labute approximate surface area is 125 Å². The van der Waals surface area contributed by atoms with E-state index in [-0.39, 0.29) is 0 Å². The SMILES string of the molecule is CC(C)OCCC(CNC1CC1)c1ccc(Br)cc1. The summed E-state index contributed by atoms with van der Waals surface area (Å²) < 4.78 is 6.85. The molecule has 0 aliphatic heterocycles. The molecular weight excluding hydrogens is 302 g/mol. The van der Waals surface area contributed by atoms with E-state index in [9.17, 15) is 0 Å². The van der Waals surface area contributed by atoms with Crippen LogP contribution in [0, 0.1) is 0 Å². The van der Waals surface area contributed by atoms with E-state index in [0.29, 0.717) is 12.0 Å². The largest absolute Gasteiger partial charge is 0.379 e. The lowest BCUT2D eigenvalue weighted by molar-refractivity contribution is 0.0732. The van der Waals surface area contributed by atoms with Gasteiger partial charge in [-0.05, 0) is 56.7 Å². The summed E-state index contributed by atoms with van der Waals surface area (Å²) in [6.07, 6.45) is 4.09. The molecule has 19 heavy (non-hydrogen) atoms. The second-order valence-electron chi connectivity index (χ2n) is 5.64. The number of rotatable bonds is 8. The van der Waals surface area contributed by atoms with Gasteiger partial charge in [-0.1, -0.05) is 28.1 Å². The van der Waals surface area contributed by atoms with Crippen LogP contribution in [0.4, 0.5) is 0 Å². The van der Waals surface area contributed by atoms with Gasteiger partial charge in [-0.3, -0.25) is 0 Å². The van der Waals surface area contributed by atoms with Crippen LogP contribution in [0.1, 0.15) is 44.6 Å². The molecule has 1 fully saturated rings. The lowest BCUT2D eigenvalue weighted by Crippen LogP contribution is -2.24. The number of halogens is 1. The molecule has 1 aromatic rings. The Morgan fingerprint density at radius 1 is 1.26 bits per heavy atom. The van der Waals surface area contributed by atoms with Crippen LogP contribution in [0.15, 0.2) is 28.7 Å². The Morgan fingerprint density at radius 3 is 2.53 bits per heavy atom. The van der Waals surface area contributed by atoms with Crippen molar-refractivity contribution >= 4 is 15.9 Å². The summed E-state index contributed by atoms with van der Waals surface area (Å²) in [7, 11) is 0. The molecule has 0 amide bonds. The van der Waals surface area contributed by atoms with Crippen LogP contribution in [0.2, 0.25) is 0 Å². The van der Waals surface area contributed by atoms with Crippen molar-refractivity contribution < 1.29 is 4.74 Å². The molecule has 1 aromatic carbocycles. The number of hydrogen-bond donors (Lipinski definition) is 1. The lowest BCUT2D eigenvalue weighted by atomic mass is 9.96. The molecule has 1 aliphatic rings. The molecule has 1 N–H and O–H groups in total. The van der Waals surface area contributed by atoms with Crippen molar-refractivity contribution in [3.8, 4) is 0 Å². The van der Waals surface area contributed by atoms with Crippen molar-refractivity contribution in [2.45, 2.75) is 51.2 Å². The average molecular weight is 326 g/mol. The first-order chi connectivity index (χ1) is 9.15. The summed E-state index contributed by atoms with van der Waals surface area (Å²) in [4.78, 5) is 0. The predicted octanol–water partition coefficient (Wildman–Crippen LogP) is 4.10. The minimum atomic E-state index is 0.321. The Kier molecular flexibility index (Phi) is 5.86. The maximum absolute atomic E-state index is 5.70. The van der Waals surface area contributed by atoms with Crippen molar-refractivity contribution in [2.24, 2.45) is 0 Å². The molecular formula is C16H24BrNO. The van der Waals surface area contributed by atoms with E-state index in [0.717, 1.165) is 30.1 Å². The fourth-order valence-corrected chi connectivity index (χ4v) is 2.43. The summed E-state index contributed by atoms with van der Waals surface area (Å²) >= 11 is 3.50. The van der Waals surface area contributed by atoms with Crippen molar-refractivity contribution in [3.05, 3.63) is 34.3 Å². The third-order valence-corrected chi connectivity index (χ3v) is 4.02. The van der Waals surface area contributed by atoms with E-state index < -0.39 is 0 Å². The minimum Gasteiger partial charge on any atom is -0.379 e. The number of hydrogen-bond acceptors (Lipinski definition) is 2. The highest BCUT2D eigenvalue weighted by Gasteiger charge is 2.22. The fourth-order valence-electron chi connectivity index (χ4n) is 2.16. The molecule has 0 heterocycles. The van der Waals surface area contributed by atoms with E-state index in [1.807, 2.05) is 0 Å². The normalized spacial score (nSPS) is 16.8. The Morgan fingerprint density at radius 2 is 1.95 bits per heavy atom. The van der Waals surface area contributed by atoms with Gasteiger partial charge in [0.1, 0.15) is 0 Å². The predicted molar refractivity (Wildman–Crippen MR) is 83.6 cm³/mol. The van der Waals surface area contributed by atoms with Crippen LogP contribution in [0.5, 0.6) is 0 Å². The van der Waals surface area contributed by atoms with Gasteiger partial charge in [0.25, 0.3) is 0 Å². The molecule has 1 aliphatic carbocycles. The summed E-state index contributed by atoms with van der Waals surface area (Å²) in [5, 5.41) is 3.64. The zero-order chi connectivity index (χ0) is 13.7. The van der Waals surface area contributed by atoms with Crippen LogP contribution < -0.4 is 5.32 Å². The maximum atomic E-state index is 5.70. The number of benzene rings is 1. The van der Waals surface area contributed by atoms with Crippen LogP contribution in [-0.2, 0) is 4.74 Å². The molecule has 2 nitrogen and oxygen atoms in total. The monoisotopic (exact) mass is 325 g/mol. The zero-order valence-corrected chi connectivity index (χ0v) is 13.4.